The van der Waals surface area contributed by atoms with Gasteiger partial charge in [0.05, 0.1) is 0 Å². The largest absolute Gasteiger partial charge is 0.362 e. The maximum atomic E-state index is 8.71. The Kier molecular flexibility index (Phi) is 1.49. The van der Waals surface area contributed by atoms with E-state index < -0.39 is 6.29 Å². The van der Waals surface area contributed by atoms with E-state index >= 15 is 0 Å². The predicted octanol–water partition coefficient (Wildman–Crippen LogP) is -0.893. The van der Waals surface area contributed by atoms with Crippen LogP contribution in [0, 0.1) is 0 Å². The molecule has 0 aromatic carbocycles. The second kappa shape index (κ2) is 2.50. The fourth-order valence-electron chi connectivity index (χ4n) is 0.858. The fourth-order valence-corrected chi connectivity index (χ4v) is 0.858. The minimum atomic E-state index is -1.65. The molecule has 62 valence electrons. The molecule has 0 bridgehead atoms. The smallest absolute Gasteiger partial charge is 0.252 e. The number of hydrogen-bond donors (Lipinski definition) is 2. The Hall–Kier alpha value is -1.53. The van der Waals surface area contributed by atoms with Gasteiger partial charge in [0.25, 0.3) is 5.78 Å². The van der Waals surface area contributed by atoms with Crippen LogP contribution >= 0.6 is 0 Å². The molecule has 0 spiro atoms. The van der Waals surface area contributed by atoms with Gasteiger partial charge in [0, 0.05) is 12.4 Å². The van der Waals surface area contributed by atoms with Gasteiger partial charge in [-0.15, -0.1) is 5.10 Å². The van der Waals surface area contributed by atoms with E-state index in [1.54, 1.807) is 18.5 Å². The molecule has 0 amide bonds. The molecule has 12 heavy (non-hydrogen) atoms. The van der Waals surface area contributed by atoms with Crippen LogP contribution in [0.5, 0.6) is 0 Å². The summed E-state index contributed by atoms with van der Waals surface area (Å²) in [7, 11) is 0. The van der Waals surface area contributed by atoms with E-state index in [1.165, 1.54) is 4.52 Å². The van der Waals surface area contributed by atoms with Gasteiger partial charge in [-0.05, 0) is 6.07 Å². The van der Waals surface area contributed by atoms with Crippen molar-refractivity contribution in [3.8, 4) is 0 Å². The first-order valence-corrected chi connectivity index (χ1v) is 3.31. The molecule has 2 rings (SSSR count). The van der Waals surface area contributed by atoms with Gasteiger partial charge in [-0.2, -0.15) is 4.98 Å². The Morgan fingerprint density at radius 3 is 2.92 bits per heavy atom. The van der Waals surface area contributed by atoms with Crippen LogP contribution in [0.4, 0.5) is 0 Å². The molecule has 2 aromatic heterocycles. The minimum absolute atomic E-state index is 0.0475. The Morgan fingerprint density at radius 2 is 2.25 bits per heavy atom. The number of rotatable bonds is 1. The van der Waals surface area contributed by atoms with Crippen LogP contribution < -0.4 is 0 Å². The molecule has 0 unspecified atom stereocenters. The quantitative estimate of drug-likeness (QED) is 0.537. The van der Waals surface area contributed by atoms with E-state index in [0.717, 1.165) is 0 Å². The van der Waals surface area contributed by atoms with Gasteiger partial charge in [-0.3, -0.25) is 0 Å². The van der Waals surface area contributed by atoms with Crippen molar-refractivity contribution in [1.29, 1.82) is 0 Å². The van der Waals surface area contributed by atoms with Crippen molar-refractivity contribution < 1.29 is 10.2 Å². The normalized spacial score (nSPS) is 11.2. The number of aliphatic hydroxyl groups excluding tert-OH is 1. The summed E-state index contributed by atoms with van der Waals surface area (Å²) in [5.74, 6) is 0.300. The van der Waals surface area contributed by atoms with Crippen LogP contribution in [0.1, 0.15) is 12.1 Å². The first kappa shape index (κ1) is 7.14. The van der Waals surface area contributed by atoms with Crippen LogP contribution in [0.15, 0.2) is 18.5 Å². The van der Waals surface area contributed by atoms with Crippen LogP contribution in [-0.2, 0) is 0 Å². The summed E-state index contributed by atoms with van der Waals surface area (Å²) >= 11 is 0. The first-order chi connectivity index (χ1) is 5.77. The summed E-state index contributed by atoms with van der Waals surface area (Å²) in [5.41, 5.74) is 0. The topological polar surface area (TPSA) is 83.5 Å². The number of aliphatic hydroxyl groups is 2. The second-order valence-corrected chi connectivity index (χ2v) is 2.21. The average Bonchev–Trinajstić information content (AvgIpc) is 2.46. The van der Waals surface area contributed by atoms with Crippen molar-refractivity contribution >= 4 is 5.78 Å². The van der Waals surface area contributed by atoms with Gasteiger partial charge < -0.3 is 10.2 Å². The Morgan fingerprint density at radius 1 is 1.42 bits per heavy atom. The fraction of sp³-hybridized carbons (Fsp3) is 0.167. The van der Waals surface area contributed by atoms with Crippen LogP contribution in [0.25, 0.3) is 5.78 Å². The zero-order valence-electron chi connectivity index (χ0n) is 5.99. The summed E-state index contributed by atoms with van der Waals surface area (Å²) < 4.78 is 1.37. The van der Waals surface area contributed by atoms with E-state index in [4.69, 9.17) is 10.2 Å². The molecule has 6 nitrogen and oxygen atoms in total. The van der Waals surface area contributed by atoms with E-state index in [-0.39, 0.29) is 5.82 Å². The maximum absolute atomic E-state index is 8.71. The monoisotopic (exact) mass is 166 g/mol. The molecule has 0 aliphatic rings. The number of aromatic nitrogens is 4. The number of hydrogen-bond acceptors (Lipinski definition) is 5. The molecule has 0 radical (unpaired) electrons. The molecule has 0 saturated carbocycles. The van der Waals surface area contributed by atoms with E-state index in [1.807, 2.05) is 0 Å². The molecule has 0 aliphatic heterocycles. The molecule has 0 aliphatic carbocycles. The first-order valence-electron chi connectivity index (χ1n) is 3.31. The lowest BCUT2D eigenvalue weighted by molar-refractivity contribution is -0.0492. The molecule has 2 aromatic rings. The van der Waals surface area contributed by atoms with Gasteiger partial charge in [-0.25, -0.2) is 9.50 Å². The van der Waals surface area contributed by atoms with Gasteiger partial charge in [0.2, 0.25) is 12.1 Å². The second-order valence-electron chi connectivity index (χ2n) is 2.21. The highest BCUT2D eigenvalue weighted by molar-refractivity contribution is 5.24. The molecular formula is C6H6N4O2. The standard InChI is InChI=1S/C6H6N4O2/c11-5(12)4-8-6-7-2-1-3-10(6)9-4/h1-3,5,11-12H. The van der Waals surface area contributed by atoms with Crippen molar-refractivity contribution in [1.82, 2.24) is 19.6 Å². The predicted molar refractivity (Wildman–Crippen MR) is 38.0 cm³/mol. The molecule has 0 fully saturated rings. The van der Waals surface area contributed by atoms with Gasteiger partial charge >= 0.3 is 0 Å². The van der Waals surface area contributed by atoms with Crippen molar-refractivity contribution in [2.75, 3.05) is 0 Å². The molecule has 6 heteroatoms. The van der Waals surface area contributed by atoms with Gasteiger partial charge in [0.15, 0.2) is 0 Å². The highest BCUT2D eigenvalue weighted by Gasteiger charge is 2.09. The zero-order chi connectivity index (χ0) is 8.55. The third-order valence-corrected chi connectivity index (χ3v) is 1.36. The SMILES string of the molecule is OC(O)c1nc2ncccn2n1. The summed E-state index contributed by atoms with van der Waals surface area (Å²) in [6, 6.07) is 1.68. The summed E-state index contributed by atoms with van der Waals surface area (Å²) in [6.45, 7) is 0. The van der Waals surface area contributed by atoms with Crippen LogP contribution in [0.2, 0.25) is 0 Å². The molecule has 0 saturated heterocycles. The van der Waals surface area contributed by atoms with E-state index in [9.17, 15) is 0 Å². The lowest BCUT2D eigenvalue weighted by atomic mass is 10.6. The third-order valence-electron chi connectivity index (χ3n) is 1.36. The van der Waals surface area contributed by atoms with Gasteiger partial charge in [-0.1, -0.05) is 0 Å². The molecule has 2 N–H and O–H groups in total. The van der Waals surface area contributed by atoms with E-state index in [0.29, 0.717) is 5.78 Å². The highest BCUT2D eigenvalue weighted by Crippen LogP contribution is 2.03. The van der Waals surface area contributed by atoms with Crippen molar-refractivity contribution in [3.05, 3.63) is 24.3 Å². The summed E-state index contributed by atoms with van der Waals surface area (Å²) in [4.78, 5) is 7.60. The zero-order valence-corrected chi connectivity index (χ0v) is 5.99. The molecule has 0 atom stereocenters. The van der Waals surface area contributed by atoms with Crippen molar-refractivity contribution in [2.24, 2.45) is 0 Å². The summed E-state index contributed by atoms with van der Waals surface area (Å²) in [6.07, 6.45) is 1.53. The lowest BCUT2D eigenvalue weighted by Crippen LogP contribution is -1.97. The molecule has 2 heterocycles. The van der Waals surface area contributed by atoms with Crippen molar-refractivity contribution in [3.63, 3.8) is 0 Å². The minimum Gasteiger partial charge on any atom is -0.362 e. The summed E-state index contributed by atoms with van der Waals surface area (Å²) in [5, 5.41) is 21.2. The Balaban J connectivity index is 2.62. The highest BCUT2D eigenvalue weighted by atomic mass is 16.5. The molecular weight excluding hydrogens is 160 g/mol. The third kappa shape index (κ3) is 1.03. The Labute approximate surface area is 67.1 Å². The Bertz CT molecular complexity index is 364. The van der Waals surface area contributed by atoms with Crippen LogP contribution in [-0.4, -0.2) is 29.8 Å². The van der Waals surface area contributed by atoms with E-state index in [2.05, 4.69) is 15.1 Å². The maximum Gasteiger partial charge on any atom is 0.252 e. The lowest BCUT2D eigenvalue weighted by Gasteiger charge is -1.91. The van der Waals surface area contributed by atoms with Crippen molar-refractivity contribution in [2.45, 2.75) is 6.29 Å². The number of nitrogens with zero attached hydrogens (tertiary/aromatic N) is 4. The number of fused-ring (bicyclic) bond motifs is 1. The van der Waals surface area contributed by atoms with Gasteiger partial charge in [0.1, 0.15) is 0 Å². The van der Waals surface area contributed by atoms with Crippen LogP contribution in [0.3, 0.4) is 0 Å². The average molecular weight is 166 g/mol.